The zero-order chi connectivity index (χ0) is 23.1. The van der Waals surface area contributed by atoms with Crippen molar-refractivity contribution in [3.63, 3.8) is 0 Å². The monoisotopic (exact) mass is 420 g/mol. The number of aromatic hydroxyl groups is 2. The second-order valence-corrected chi connectivity index (χ2v) is 9.86. The highest BCUT2D eigenvalue weighted by atomic mass is 16.5. The summed E-state index contributed by atoms with van der Waals surface area (Å²) in [6.45, 7) is 13.7. The lowest BCUT2D eigenvalue weighted by molar-refractivity contribution is 0.107. The SMILES string of the molecule is CC(C)(C)c1cc(O)c(O)c(C(C)(C)C)c1.c1ccc(COCc2ccccc2)cc1. The number of benzene rings is 3. The molecule has 0 radical (unpaired) electrons. The van der Waals surface area contributed by atoms with E-state index in [-0.39, 0.29) is 22.3 Å². The Bertz CT molecular complexity index is 894. The van der Waals surface area contributed by atoms with E-state index in [0.717, 1.165) is 11.1 Å². The van der Waals surface area contributed by atoms with Crippen LogP contribution in [0, 0.1) is 0 Å². The highest BCUT2D eigenvalue weighted by molar-refractivity contribution is 5.51. The van der Waals surface area contributed by atoms with Crippen molar-refractivity contribution in [1.82, 2.24) is 0 Å². The molecular weight excluding hydrogens is 384 g/mol. The van der Waals surface area contributed by atoms with Crippen LogP contribution in [-0.4, -0.2) is 10.2 Å². The maximum atomic E-state index is 9.87. The van der Waals surface area contributed by atoms with Gasteiger partial charge in [0, 0.05) is 5.56 Å². The molecule has 0 saturated carbocycles. The van der Waals surface area contributed by atoms with Crippen LogP contribution in [0.3, 0.4) is 0 Å². The minimum Gasteiger partial charge on any atom is -0.504 e. The quantitative estimate of drug-likeness (QED) is 0.443. The topological polar surface area (TPSA) is 49.7 Å². The molecule has 3 aromatic carbocycles. The van der Waals surface area contributed by atoms with Crippen molar-refractivity contribution in [2.24, 2.45) is 0 Å². The van der Waals surface area contributed by atoms with E-state index in [0.29, 0.717) is 13.2 Å². The Balaban J connectivity index is 0.000000220. The Morgan fingerprint density at radius 1 is 0.645 bits per heavy atom. The van der Waals surface area contributed by atoms with Gasteiger partial charge in [-0.05, 0) is 33.6 Å². The van der Waals surface area contributed by atoms with Gasteiger partial charge in [-0.25, -0.2) is 0 Å². The molecule has 0 saturated heterocycles. The molecule has 166 valence electrons. The Morgan fingerprint density at radius 2 is 1.10 bits per heavy atom. The number of ether oxygens (including phenoxy) is 1. The van der Waals surface area contributed by atoms with E-state index in [4.69, 9.17) is 4.74 Å². The zero-order valence-corrected chi connectivity index (χ0v) is 19.6. The summed E-state index contributed by atoms with van der Waals surface area (Å²) in [4.78, 5) is 0. The lowest BCUT2D eigenvalue weighted by atomic mass is 9.80. The molecule has 3 rings (SSSR count). The van der Waals surface area contributed by atoms with Gasteiger partial charge in [-0.2, -0.15) is 0 Å². The first-order valence-electron chi connectivity index (χ1n) is 10.7. The second-order valence-electron chi connectivity index (χ2n) is 9.86. The smallest absolute Gasteiger partial charge is 0.161 e. The molecular formula is C28H36O3. The largest absolute Gasteiger partial charge is 0.504 e. The molecule has 0 aliphatic rings. The predicted octanol–water partition coefficient (Wildman–Crippen LogP) is 7.10. The van der Waals surface area contributed by atoms with E-state index in [1.165, 1.54) is 11.1 Å². The van der Waals surface area contributed by atoms with Gasteiger partial charge in [0.1, 0.15) is 0 Å². The van der Waals surface area contributed by atoms with Crippen LogP contribution >= 0.6 is 0 Å². The molecule has 3 heteroatoms. The number of hydrogen-bond donors (Lipinski definition) is 2. The van der Waals surface area contributed by atoms with Gasteiger partial charge >= 0.3 is 0 Å². The average Bonchev–Trinajstić information content (AvgIpc) is 2.70. The highest BCUT2D eigenvalue weighted by Gasteiger charge is 2.24. The maximum Gasteiger partial charge on any atom is 0.161 e. The van der Waals surface area contributed by atoms with E-state index in [9.17, 15) is 10.2 Å². The highest BCUT2D eigenvalue weighted by Crippen LogP contribution is 2.40. The van der Waals surface area contributed by atoms with Crippen molar-refractivity contribution in [3.8, 4) is 11.5 Å². The van der Waals surface area contributed by atoms with Crippen molar-refractivity contribution in [3.05, 3.63) is 95.1 Å². The first-order valence-corrected chi connectivity index (χ1v) is 10.7. The lowest BCUT2D eigenvalue weighted by Gasteiger charge is -2.26. The summed E-state index contributed by atoms with van der Waals surface area (Å²) < 4.78 is 5.61. The molecule has 0 aliphatic carbocycles. The van der Waals surface area contributed by atoms with E-state index < -0.39 is 0 Å². The molecule has 0 unspecified atom stereocenters. The molecule has 0 aromatic heterocycles. The summed E-state index contributed by atoms with van der Waals surface area (Å²) in [7, 11) is 0. The molecule has 2 N–H and O–H groups in total. The summed E-state index contributed by atoms with van der Waals surface area (Å²) in [5, 5.41) is 19.6. The number of hydrogen-bond acceptors (Lipinski definition) is 3. The van der Waals surface area contributed by atoms with Crippen LogP contribution in [0.2, 0.25) is 0 Å². The molecule has 3 nitrogen and oxygen atoms in total. The average molecular weight is 421 g/mol. The van der Waals surface area contributed by atoms with Gasteiger partial charge in [-0.1, -0.05) is 108 Å². The lowest BCUT2D eigenvalue weighted by Crippen LogP contribution is -2.16. The van der Waals surface area contributed by atoms with Crippen LogP contribution in [0.15, 0.2) is 72.8 Å². The van der Waals surface area contributed by atoms with Crippen molar-refractivity contribution in [2.75, 3.05) is 0 Å². The molecule has 0 spiro atoms. The summed E-state index contributed by atoms with van der Waals surface area (Å²) in [6, 6.07) is 24.1. The van der Waals surface area contributed by atoms with Gasteiger partial charge in [-0.15, -0.1) is 0 Å². The van der Waals surface area contributed by atoms with Gasteiger partial charge < -0.3 is 14.9 Å². The minimum atomic E-state index is -0.178. The molecule has 0 fully saturated rings. The van der Waals surface area contributed by atoms with Crippen LogP contribution in [0.5, 0.6) is 11.5 Å². The fraction of sp³-hybridized carbons (Fsp3) is 0.357. The van der Waals surface area contributed by atoms with E-state index in [1.54, 1.807) is 6.07 Å². The van der Waals surface area contributed by atoms with E-state index in [2.05, 4.69) is 45.0 Å². The molecule has 0 bridgehead atoms. The molecule has 0 atom stereocenters. The fourth-order valence-electron chi connectivity index (χ4n) is 3.06. The summed E-state index contributed by atoms with van der Waals surface area (Å²) in [5.41, 5.74) is 4.04. The van der Waals surface area contributed by atoms with Crippen LogP contribution in [-0.2, 0) is 28.8 Å². The maximum absolute atomic E-state index is 9.87. The van der Waals surface area contributed by atoms with Gasteiger partial charge in [0.2, 0.25) is 0 Å². The Labute approximate surface area is 187 Å². The van der Waals surface area contributed by atoms with Crippen molar-refractivity contribution in [1.29, 1.82) is 0 Å². The first kappa shape index (κ1) is 24.5. The fourth-order valence-corrected chi connectivity index (χ4v) is 3.06. The number of phenols is 2. The standard InChI is InChI=1S/C14H22O2.C14H14O/c1-13(2,3)9-7-10(14(4,5)6)12(16)11(15)8-9;1-3-7-13(8-4-1)11-15-12-14-9-5-2-6-10-14/h7-8,15-16H,1-6H3;1-10H,11-12H2. The van der Waals surface area contributed by atoms with Gasteiger partial charge in [0.25, 0.3) is 0 Å². The van der Waals surface area contributed by atoms with Crippen LogP contribution in [0.4, 0.5) is 0 Å². The second kappa shape index (κ2) is 10.5. The molecule has 3 aromatic rings. The third-order valence-corrected chi connectivity index (χ3v) is 4.99. The Morgan fingerprint density at radius 3 is 1.48 bits per heavy atom. The zero-order valence-electron chi connectivity index (χ0n) is 19.6. The molecule has 0 heterocycles. The summed E-state index contributed by atoms with van der Waals surface area (Å²) >= 11 is 0. The van der Waals surface area contributed by atoms with Crippen LogP contribution in [0.1, 0.15) is 63.8 Å². The molecule has 0 amide bonds. The first-order chi connectivity index (χ1) is 14.5. The number of rotatable bonds is 4. The van der Waals surface area contributed by atoms with Gasteiger partial charge in [-0.3, -0.25) is 0 Å². The summed E-state index contributed by atoms with van der Waals surface area (Å²) in [5.74, 6) is -0.0298. The third-order valence-electron chi connectivity index (χ3n) is 4.99. The molecule has 31 heavy (non-hydrogen) atoms. The van der Waals surface area contributed by atoms with Crippen molar-refractivity contribution < 1.29 is 14.9 Å². The van der Waals surface area contributed by atoms with Gasteiger partial charge in [0.05, 0.1) is 13.2 Å². The normalized spacial score (nSPS) is 11.5. The van der Waals surface area contributed by atoms with Crippen LogP contribution in [0.25, 0.3) is 0 Å². The Hall–Kier alpha value is -2.78. The minimum absolute atomic E-state index is 0.000463. The Kier molecular flexibility index (Phi) is 8.29. The van der Waals surface area contributed by atoms with E-state index >= 15 is 0 Å². The molecule has 0 aliphatic heterocycles. The van der Waals surface area contributed by atoms with Crippen LogP contribution < -0.4 is 0 Å². The third kappa shape index (κ3) is 7.76. The number of phenolic OH excluding ortho intramolecular Hbond substituents is 2. The van der Waals surface area contributed by atoms with Gasteiger partial charge in [0.15, 0.2) is 11.5 Å². The van der Waals surface area contributed by atoms with Crippen molar-refractivity contribution >= 4 is 0 Å². The van der Waals surface area contributed by atoms with Crippen molar-refractivity contribution in [2.45, 2.75) is 65.6 Å². The van der Waals surface area contributed by atoms with E-state index in [1.807, 2.05) is 63.2 Å². The predicted molar refractivity (Wildman–Crippen MR) is 129 cm³/mol. The summed E-state index contributed by atoms with van der Waals surface area (Å²) in [6.07, 6.45) is 0.